The fourth-order valence-corrected chi connectivity index (χ4v) is 2.69. The van der Waals surface area contributed by atoms with E-state index in [1.165, 1.54) is 5.56 Å². The van der Waals surface area contributed by atoms with Crippen molar-refractivity contribution in [1.29, 1.82) is 0 Å². The van der Waals surface area contributed by atoms with E-state index in [0.717, 1.165) is 28.0 Å². The maximum atomic E-state index is 6.25. The lowest BCUT2D eigenvalue weighted by Crippen LogP contribution is -1.87. The molecule has 1 aromatic heterocycles. The van der Waals surface area contributed by atoms with Gasteiger partial charge in [-0.1, -0.05) is 49.7 Å². The van der Waals surface area contributed by atoms with Crippen molar-refractivity contribution in [1.82, 2.24) is 9.97 Å². The van der Waals surface area contributed by atoms with Crippen LogP contribution in [0, 0.1) is 6.92 Å². The van der Waals surface area contributed by atoms with E-state index in [-0.39, 0.29) is 0 Å². The molecule has 0 aliphatic heterocycles. The summed E-state index contributed by atoms with van der Waals surface area (Å²) in [6, 6.07) is 12.5. The Kier molecular flexibility index (Phi) is 3.27. The summed E-state index contributed by atoms with van der Waals surface area (Å²) in [5.74, 6) is 1.40. The van der Waals surface area contributed by atoms with Gasteiger partial charge in [-0.15, -0.1) is 0 Å². The smallest absolute Gasteiger partial charge is 0.138 e. The van der Waals surface area contributed by atoms with Crippen molar-refractivity contribution in [2.75, 3.05) is 0 Å². The quantitative estimate of drug-likeness (QED) is 0.678. The lowest BCUT2D eigenvalue weighted by Gasteiger charge is -2.05. The average molecular weight is 285 g/mol. The molecule has 0 saturated heterocycles. The van der Waals surface area contributed by atoms with Crippen molar-refractivity contribution in [3.63, 3.8) is 0 Å². The first-order chi connectivity index (χ1) is 9.54. The average Bonchev–Trinajstić information content (AvgIpc) is 2.83. The summed E-state index contributed by atoms with van der Waals surface area (Å²) < 4.78 is 0. The van der Waals surface area contributed by atoms with Crippen LogP contribution in [0.15, 0.2) is 36.4 Å². The third-order valence-electron chi connectivity index (χ3n) is 3.54. The van der Waals surface area contributed by atoms with Crippen LogP contribution >= 0.6 is 11.6 Å². The van der Waals surface area contributed by atoms with Crippen molar-refractivity contribution in [2.45, 2.75) is 26.7 Å². The second-order valence-corrected chi connectivity index (χ2v) is 5.91. The Morgan fingerprint density at radius 3 is 2.45 bits per heavy atom. The summed E-state index contributed by atoms with van der Waals surface area (Å²) in [7, 11) is 0. The summed E-state index contributed by atoms with van der Waals surface area (Å²) >= 11 is 6.25. The first-order valence-electron chi connectivity index (χ1n) is 6.81. The molecule has 20 heavy (non-hydrogen) atoms. The predicted octanol–water partition coefficient (Wildman–Crippen LogP) is 5.32. The zero-order chi connectivity index (χ0) is 14.3. The second kappa shape index (κ2) is 4.95. The van der Waals surface area contributed by atoms with Gasteiger partial charge in [0.25, 0.3) is 0 Å². The molecule has 2 nitrogen and oxygen atoms in total. The minimum Gasteiger partial charge on any atom is -0.338 e. The van der Waals surface area contributed by atoms with Crippen LogP contribution in [-0.2, 0) is 0 Å². The fraction of sp³-hybridized carbons (Fsp3) is 0.235. The van der Waals surface area contributed by atoms with Gasteiger partial charge in [0.15, 0.2) is 0 Å². The molecule has 0 bridgehead atoms. The maximum Gasteiger partial charge on any atom is 0.138 e. The number of hydrogen-bond donors (Lipinski definition) is 1. The van der Waals surface area contributed by atoms with Gasteiger partial charge >= 0.3 is 0 Å². The molecule has 1 N–H and O–H groups in total. The van der Waals surface area contributed by atoms with Gasteiger partial charge < -0.3 is 4.98 Å². The van der Waals surface area contributed by atoms with Gasteiger partial charge in [-0.25, -0.2) is 4.98 Å². The largest absolute Gasteiger partial charge is 0.338 e. The monoisotopic (exact) mass is 284 g/mol. The first kappa shape index (κ1) is 13.2. The van der Waals surface area contributed by atoms with Crippen molar-refractivity contribution in [3.8, 4) is 11.4 Å². The van der Waals surface area contributed by atoms with Gasteiger partial charge in [0.05, 0.1) is 10.5 Å². The molecule has 0 unspecified atom stereocenters. The van der Waals surface area contributed by atoms with Crippen LogP contribution < -0.4 is 0 Å². The van der Waals surface area contributed by atoms with Crippen LogP contribution in [0.4, 0.5) is 0 Å². The number of nitrogens with zero attached hydrogens (tertiary/aromatic N) is 1. The number of fused-ring (bicyclic) bond motifs is 1. The van der Waals surface area contributed by atoms with Crippen molar-refractivity contribution in [3.05, 3.63) is 52.5 Å². The number of aromatic nitrogens is 2. The number of halogens is 1. The van der Waals surface area contributed by atoms with Gasteiger partial charge in [-0.05, 0) is 36.1 Å². The summed E-state index contributed by atoms with van der Waals surface area (Å²) in [5, 5.41) is 0.696. The van der Waals surface area contributed by atoms with E-state index >= 15 is 0 Å². The van der Waals surface area contributed by atoms with Crippen LogP contribution in [0.2, 0.25) is 5.02 Å². The summed E-state index contributed by atoms with van der Waals surface area (Å²) in [4.78, 5) is 7.96. The van der Waals surface area contributed by atoms with Crippen LogP contribution in [0.3, 0.4) is 0 Å². The predicted molar refractivity (Wildman–Crippen MR) is 85.4 cm³/mol. The molecule has 0 atom stereocenters. The number of rotatable bonds is 2. The fourth-order valence-electron chi connectivity index (χ4n) is 2.37. The van der Waals surface area contributed by atoms with Crippen molar-refractivity contribution < 1.29 is 0 Å². The zero-order valence-electron chi connectivity index (χ0n) is 11.9. The Bertz CT molecular complexity index is 755. The Morgan fingerprint density at radius 2 is 1.80 bits per heavy atom. The molecule has 0 fully saturated rings. The highest BCUT2D eigenvalue weighted by Crippen LogP contribution is 2.27. The van der Waals surface area contributed by atoms with Gasteiger partial charge in [0, 0.05) is 5.56 Å². The molecule has 0 radical (unpaired) electrons. The number of hydrogen-bond acceptors (Lipinski definition) is 1. The minimum absolute atomic E-state index is 0.539. The third-order valence-corrected chi connectivity index (χ3v) is 3.82. The van der Waals surface area contributed by atoms with Crippen LogP contribution in [0.5, 0.6) is 0 Å². The number of benzene rings is 2. The Hall–Kier alpha value is -1.80. The van der Waals surface area contributed by atoms with E-state index in [4.69, 9.17) is 11.6 Å². The van der Waals surface area contributed by atoms with Gasteiger partial charge in [-0.2, -0.15) is 0 Å². The number of aryl methyl sites for hydroxylation is 1. The topological polar surface area (TPSA) is 28.7 Å². The van der Waals surface area contributed by atoms with Crippen LogP contribution in [-0.4, -0.2) is 9.97 Å². The molecular formula is C17H17ClN2. The van der Waals surface area contributed by atoms with E-state index in [1.807, 2.05) is 13.0 Å². The standard InChI is InChI=1S/C17H17ClN2/c1-10(2)12-4-6-13(7-5-12)17-19-15-9-11(3)8-14(18)16(15)20-17/h4-10H,1-3H3,(H,19,20). The maximum absolute atomic E-state index is 6.25. The van der Waals surface area contributed by atoms with E-state index in [9.17, 15) is 0 Å². The molecule has 1 heterocycles. The molecule has 102 valence electrons. The van der Waals surface area contributed by atoms with E-state index < -0.39 is 0 Å². The molecule has 3 rings (SSSR count). The number of aromatic amines is 1. The summed E-state index contributed by atoms with van der Waals surface area (Å²) in [5.41, 5.74) is 5.36. The third kappa shape index (κ3) is 2.32. The zero-order valence-corrected chi connectivity index (χ0v) is 12.6. The highest BCUT2D eigenvalue weighted by atomic mass is 35.5. The molecule has 2 aromatic carbocycles. The molecule has 3 heteroatoms. The van der Waals surface area contributed by atoms with Gasteiger partial charge in [0.2, 0.25) is 0 Å². The molecule has 0 spiro atoms. The van der Waals surface area contributed by atoms with Crippen LogP contribution in [0.25, 0.3) is 22.4 Å². The van der Waals surface area contributed by atoms with Gasteiger partial charge in [0.1, 0.15) is 11.3 Å². The molecule has 0 amide bonds. The van der Waals surface area contributed by atoms with E-state index in [0.29, 0.717) is 10.9 Å². The lowest BCUT2D eigenvalue weighted by molar-refractivity contribution is 0.867. The highest BCUT2D eigenvalue weighted by molar-refractivity contribution is 6.35. The number of nitrogens with one attached hydrogen (secondary N) is 1. The van der Waals surface area contributed by atoms with E-state index in [2.05, 4.69) is 54.1 Å². The number of H-pyrrole nitrogens is 1. The molecule has 0 aliphatic rings. The number of imidazole rings is 1. The van der Waals surface area contributed by atoms with Crippen molar-refractivity contribution in [2.24, 2.45) is 0 Å². The van der Waals surface area contributed by atoms with Gasteiger partial charge in [-0.3, -0.25) is 0 Å². The Balaban J connectivity index is 2.08. The molecule has 0 aliphatic carbocycles. The first-order valence-corrected chi connectivity index (χ1v) is 7.18. The minimum atomic E-state index is 0.539. The van der Waals surface area contributed by atoms with Crippen molar-refractivity contribution >= 4 is 22.6 Å². The second-order valence-electron chi connectivity index (χ2n) is 5.51. The lowest BCUT2D eigenvalue weighted by atomic mass is 10.0. The van der Waals surface area contributed by atoms with Crippen LogP contribution in [0.1, 0.15) is 30.9 Å². The molecular weight excluding hydrogens is 268 g/mol. The SMILES string of the molecule is Cc1cc(Cl)c2nc(-c3ccc(C(C)C)cc3)[nH]c2c1. The Morgan fingerprint density at radius 1 is 1.10 bits per heavy atom. The molecule has 0 saturated carbocycles. The van der Waals surface area contributed by atoms with E-state index in [1.54, 1.807) is 0 Å². The summed E-state index contributed by atoms with van der Waals surface area (Å²) in [6.07, 6.45) is 0. The highest BCUT2D eigenvalue weighted by Gasteiger charge is 2.09. The molecule has 3 aromatic rings. The summed E-state index contributed by atoms with van der Waals surface area (Å²) in [6.45, 7) is 6.42. The Labute approximate surface area is 123 Å². The normalized spacial score (nSPS) is 11.4.